The Hall–Kier alpha value is -2.06. The van der Waals surface area contributed by atoms with Crippen molar-refractivity contribution in [1.82, 2.24) is 10.2 Å². The van der Waals surface area contributed by atoms with Crippen LogP contribution < -0.4 is 10.6 Å². The molecule has 3 N–H and O–H groups in total. The first-order valence-corrected chi connectivity index (χ1v) is 13.6. The molecule has 6 atom stereocenters. The molecular formula is C26H35N3O4S. The molecule has 3 saturated heterocycles. The van der Waals surface area contributed by atoms with Crippen molar-refractivity contribution < 1.29 is 19.5 Å². The van der Waals surface area contributed by atoms with Crippen molar-refractivity contribution in [1.29, 1.82) is 0 Å². The van der Waals surface area contributed by atoms with E-state index in [0.29, 0.717) is 13.0 Å². The fourth-order valence-electron chi connectivity index (χ4n) is 6.88. The molecule has 1 aromatic rings. The van der Waals surface area contributed by atoms with Crippen LogP contribution in [0.1, 0.15) is 51.9 Å². The summed E-state index contributed by atoms with van der Waals surface area (Å²) in [5, 5.41) is 15.8. The van der Waals surface area contributed by atoms with E-state index in [1.54, 1.807) is 16.7 Å². The Morgan fingerprint density at radius 1 is 1.15 bits per heavy atom. The van der Waals surface area contributed by atoms with Gasteiger partial charge in [0.2, 0.25) is 17.7 Å². The largest absolute Gasteiger partial charge is 0.396 e. The molecule has 2 bridgehead atoms. The standard InChI is InChI=1S/C26H35N3O4S/c1-16-15-19-20(23(31)27-17-9-4-2-5-10-17)21-25(33)29(13-8-14-30)22(26(16,21)34-19)24(32)28-18-11-6-3-7-12-18/h2,4-5,9-10,16,18-22,30H,3,6-8,11-15H2,1H3,(H,27,31)(H,28,32)/t16?,19-,20+,21+,22?,26?/m1/s1. The topological polar surface area (TPSA) is 98.7 Å². The van der Waals surface area contributed by atoms with Gasteiger partial charge in [-0.1, -0.05) is 44.4 Å². The second-order valence-corrected chi connectivity index (χ2v) is 11.9. The van der Waals surface area contributed by atoms with Crippen LogP contribution in [0.2, 0.25) is 0 Å². The molecule has 3 aliphatic heterocycles. The normalized spacial score (nSPS) is 34.8. The van der Waals surface area contributed by atoms with E-state index in [1.807, 2.05) is 30.3 Å². The maximum atomic E-state index is 13.9. The first-order chi connectivity index (χ1) is 16.5. The Kier molecular flexibility index (Phi) is 6.64. The number of thioether (sulfide) groups is 1. The van der Waals surface area contributed by atoms with Crippen LogP contribution in [-0.2, 0) is 14.4 Å². The summed E-state index contributed by atoms with van der Waals surface area (Å²) in [4.78, 5) is 42.8. The summed E-state index contributed by atoms with van der Waals surface area (Å²) in [5.74, 6) is -1.14. The Morgan fingerprint density at radius 3 is 2.59 bits per heavy atom. The van der Waals surface area contributed by atoms with Crippen LogP contribution in [0.4, 0.5) is 5.69 Å². The fraction of sp³-hybridized carbons (Fsp3) is 0.654. The summed E-state index contributed by atoms with van der Waals surface area (Å²) in [6, 6.07) is 8.90. The lowest BCUT2D eigenvalue weighted by Gasteiger charge is -2.39. The third-order valence-electron chi connectivity index (χ3n) is 8.35. The molecule has 3 amide bonds. The van der Waals surface area contributed by atoms with Crippen LogP contribution in [0.3, 0.4) is 0 Å². The third kappa shape index (κ3) is 3.83. The number of hydrogen-bond acceptors (Lipinski definition) is 5. The number of anilines is 1. The van der Waals surface area contributed by atoms with E-state index in [-0.39, 0.29) is 41.5 Å². The molecule has 0 aromatic heterocycles. The molecule has 8 heteroatoms. The van der Waals surface area contributed by atoms with E-state index in [2.05, 4.69) is 17.6 Å². The predicted octanol–water partition coefficient (Wildman–Crippen LogP) is 2.79. The molecule has 1 aliphatic carbocycles. The van der Waals surface area contributed by atoms with Gasteiger partial charge in [-0.15, -0.1) is 11.8 Å². The number of rotatable bonds is 7. The van der Waals surface area contributed by atoms with E-state index in [0.717, 1.165) is 37.8 Å². The maximum absolute atomic E-state index is 13.9. The average molecular weight is 486 g/mol. The van der Waals surface area contributed by atoms with Gasteiger partial charge in [0.05, 0.1) is 16.6 Å². The molecular weight excluding hydrogens is 450 g/mol. The zero-order chi connectivity index (χ0) is 23.9. The fourth-order valence-corrected chi connectivity index (χ4v) is 9.30. The zero-order valence-electron chi connectivity index (χ0n) is 19.7. The molecule has 4 aliphatic rings. The monoisotopic (exact) mass is 485 g/mol. The highest BCUT2D eigenvalue weighted by Gasteiger charge is 2.75. The third-order valence-corrected chi connectivity index (χ3v) is 10.4. The Bertz CT molecular complexity index is 937. The van der Waals surface area contributed by atoms with Crippen molar-refractivity contribution in [2.75, 3.05) is 18.5 Å². The molecule has 1 saturated carbocycles. The van der Waals surface area contributed by atoms with Crippen LogP contribution in [0.15, 0.2) is 30.3 Å². The highest BCUT2D eigenvalue weighted by molar-refractivity contribution is 8.02. The number of nitrogens with one attached hydrogen (secondary N) is 2. The van der Waals surface area contributed by atoms with E-state index < -0.39 is 22.6 Å². The number of aliphatic hydroxyl groups is 1. The summed E-state index contributed by atoms with van der Waals surface area (Å²) in [6.07, 6.45) is 6.64. The lowest BCUT2D eigenvalue weighted by Crippen LogP contribution is -2.58. The molecule has 0 radical (unpaired) electrons. The lowest BCUT2D eigenvalue weighted by atomic mass is 9.65. The van der Waals surface area contributed by atoms with Gasteiger partial charge in [0.15, 0.2) is 0 Å². The highest BCUT2D eigenvalue weighted by atomic mass is 32.2. The average Bonchev–Trinajstić information content (AvgIpc) is 3.42. The first kappa shape index (κ1) is 23.7. The van der Waals surface area contributed by atoms with Crippen LogP contribution in [0.25, 0.3) is 0 Å². The Balaban J connectivity index is 1.45. The van der Waals surface area contributed by atoms with E-state index in [9.17, 15) is 19.5 Å². The van der Waals surface area contributed by atoms with E-state index in [4.69, 9.17) is 0 Å². The van der Waals surface area contributed by atoms with Crippen molar-refractivity contribution >= 4 is 35.2 Å². The van der Waals surface area contributed by atoms with E-state index in [1.165, 1.54) is 6.42 Å². The number of carbonyl (C=O) groups is 3. The van der Waals surface area contributed by atoms with Crippen molar-refractivity contribution in [3.05, 3.63) is 30.3 Å². The quantitative estimate of drug-likeness (QED) is 0.552. The molecule has 1 spiro atoms. The number of aliphatic hydroxyl groups excluding tert-OH is 1. The van der Waals surface area contributed by atoms with Gasteiger partial charge in [0.25, 0.3) is 0 Å². The number of amides is 3. The minimum atomic E-state index is -0.603. The van der Waals surface area contributed by atoms with Gasteiger partial charge in [-0.05, 0) is 43.7 Å². The number of fused-ring (bicyclic) bond motifs is 1. The molecule has 4 fully saturated rings. The van der Waals surface area contributed by atoms with Crippen molar-refractivity contribution in [2.24, 2.45) is 17.8 Å². The number of para-hydroxylation sites is 1. The summed E-state index contributed by atoms with van der Waals surface area (Å²) in [7, 11) is 0. The maximum Gasteiger partial charge on any atom is 0.244 e. The Morgan fingerprint density at radius 2 is 1.88 bits per heavy atom. The summed E-state index contributed by atoms with van der Waals surface area (Å²) in [6.45, 7) is 2.43. The number of carbonyl (C=O) groups excluding carboxylic acids is 3. The smallest absolute Gasteiger partial charge is 0.244 e. The molecule has 34 heavy (non-hydrogen) atoms. The molecule has 3 heterocycles. The summed E-state index contributed by atoms with van der Waals surface area (Å²) in [5.41, 5.74) is 0.719. The summed E-state index contributed by atoms with van der Waals surface area (Å²) >= 11 is 1.70. The van der Waals surface area contributed by atoms with Crippen molar-refractivity contribution in [3.8, 4) is 0 Å². The van der Waals surface area contributed by atoms with Gasteiger partial charge in [-0.25, -0.2) is 0 Å². The number of benzene rings is 1. The van der Waals surface area contributed by atoms with Crippen LogP contribution >= 0.6 is 11.8 Å². The second-order valence-electron chi connectivity index (χ2n) is 10.4. The van der Waals surface area contributed by atoms with E-state index >= 15 is 0 Å². The van der Waals surface area contributed by atoms with Crippen LogP contribution in [0.5, 0.6) is 0 Å². The molecule has 5 rings (SSSR count). The SMILES string of the molecule is CC1C[C@H]2SC13C(C(=O)NC1CCCCC1)N(CCCO)C(=O)[C@@H]3[C@H]2C(=O)Nc1ccccc1. The molecule has 3 unspecified atom stereocenters. The van der Waals surface area contributed by atoms with Crippen molar-refractivity contribution in [2.45, 2.75) is 74.0 Å². The predicted molar refractivity (Wildman–Crippen MR) is 132 cm³/mol. The Labute approximate surface area is 205 Å². The first-order valence-electron chi connectivity index (χ1n) is 12.7. The molecule has 184 valence electrons. The molecule has 1 aromatic carbocycles. The highest BCUT2D eigenvalue weighted by Crippen LogP contribution is 2.68. The lowest BCUT2D eigenvalue weighted by molar-refractivity contribution is -0.139. The summed E-state index contributed by atoms with van der Waals surface area (Å²) < 4.78 is -0.603. The number of nitrogens with zero attached hydrogens (tertiary/aromatic N) is 1. The van der Waals surface area contributed by atoms with Crippen LogP contribution in [0, 0.1) is 17.8 Å². The second kappa shape index (κ2) is 9.53. The van der Waals surface area contributed by atoms with Crippen molar-refractivity contribution in [3.63, 3.8) is 0 Å². The number of likely N-dealkylation sites (tertiary alicyclic amines) is 1. The van der Waals surface area contributed by atoms with Gasteiger partial charge < -0.3 is 20.6 Å². The van der Waals surface area contributed by atoms with Gasteiger partial charge in [-0.2, -0.15) is 0 Å². The molecule has 7 nitrogen and oxygen atoms in total. The minimum Gasteiger partial charge on any atom is -0.396 e. The van der Waals surface area contributed by atoms with Gasteiger partial charge in [0.1, 0.15) is 6.04 Å². The minimum absolute atomic E-state index is 0.0256. The van der Waals surface area contributed by atoms with Gasteiger partial charge in [0, 0.05) is 30.1 Å². The van der Waals surface area contributed by atoms with Gasteiger partial charge in [-0.3, -0.25) is 14.4 Å². The van der Waals surface area contributed by atoms with Crippen LogP contribution in [-0.4, -0.2) is 63.0 Å². The van der Waals surface area contributed by atoms with Gasteiger partial charge >= 0.3 is 0 Å². The number of hydrogen-bond donors (Lipinski definition) is 3. The zero-order valence-corrected chi connectivity index (χ0v) is 20.6.